The summed E-state index contributed by atoms with van der Waals surface area (Å²) in [5.74, 6) is 0.646. The zero-order chi connectivity index (χ0) is 12.5. The molecule has 2 aromatic rings. The van der Waals surface area contributed by atoms with E-state index in [9.17, 15) is 0 Å². The Balaban J connectivity index is 2.36. The standard InChI is InChI=1S/C14H17NO2/c1-14(2,3)11-6-4-10(5-7-11)13-12(8-16)15-9-17-13/h4-7,9,16H,8H2,1-3H3. The van der Waals surface area contributed by atoms with Crippen LogP contribution in [-0.2, 0) is 12.0 Å². The molecule has 17 heavy (non-hydrogen) atoms. The fourth-order valence-electron chi connectivity index (χ4n) is 1.74. The molecule has 3 nitrogen and oxygen atoms in total. The number of hydrogen-bond acceptors (Lipinski definition) is 3. The lowest BCUT2D eigenvalue weighted by Crippen LogP contribution is -2.10. The second-order valence-electron chi connectivity index (χ2n) is 5.11. The highest BCUT2D eigenvalue weighted by atomic mass is 16.3. The second kappa shape index (κ2) is 4.34. The molecule has 0 aliphatic rings. The Bertz CT molecular complexity index is 492. The van der Waals surface area contributed by atoms with E-state index >= 15 is 0 Å². The Hall–Kier alpha value is -1.61. The molecule has 90 valence electrons. The number of aliphatic hydroxyl groups is 1. The van der Waals surface area contributed by atoms with Crippen LogP contribution in [-0.4, -0.2) is 10.1 Å². The zero-order valence-electron chi connectivity index (χ0n) is 10.4. The van der Waals surface area contributed by atoms with Gasteiger partial charge in [0.1, 0.15) is 5.69 Å². The summed E-state index contributed by atoms with van der Waals surface area (Å²) in [5, 5.41) is 9.13. The first-order valence-electron chi connectivity index (χ1n) is 5.66. The quantitative estimate of drug-likeness (QED) is 0.863. The Morgan fingerprint density at radius 3 is 2.35 bits per heavy atom. The molecule has 0 fully saturated rings. The van der Waals surface area contributed by atoms with E-state index in [1.807, 2.05) is 12.1 Å². The van der Waals surface area contributed by atoms with Crippen molar-refractivity contribution in [2.24, 2.45) is 0 Å². The lowest BCUT2D eigenvalue weighted by molar-refractivity contribution is 0.277. The highest BCUT2D eigenvalue weighted by molar-refractivity contribution is 5.60. The highest BCUT2D eigenvalue weighted by Gasteiger charge is 2.15. The van der Waals surface area contributed by atoms with Gasteiger partial charge < -0.3 is 9.52 Å². The molecule has 2 rings (SSSR count). The summed E-state index contributed by atoms with van der Waals surface area (Å²) in [6.07, 6.45) is 1.36. The van der Waals surface area contributed by atoms with E-state index in [1.165, 1.54) is 12.0 Å². The maximum Gasteiger partial charge on any atom is 0.181 e. The number of hydrogen-bond donors (Lipinski definition) is 1. The van der Waals surface area contributed by atoms with Crippen LogP contribution in [0.1, 0.15) is 32.0 Å². The summed E-state index contributed by atoms with van der Waals surface area (Å²) in [4.78, 5) is 3.97. The number of rotatable bonds is 2. The molecule has 0 spiro atoms. The van der Waals surface area contributed by atoms with Gasteiger partial charge in [0.25, 0.3) is 0 Å². The lowest BCUT2D eigenvalue weighted by Gasteiger charge is -2.18. The largest absolute Gasteiger partial charge is 0.443 e. The van der Waals surface area contributed by atoms with Crippen LogP contribution in [0.4, 0.5) is 0 Å². The minimum Gasteiger partial charge on any atom is -0.443 e. The maximum atomic E-state index is 9.13. The smallest absolute Gasteiger partial charge is 0.181 e. The molecule has 0 atom stereocenters. The van der Waals surface area contributed by atoms with Crippen LogP contribution in [0.15, 0.2) is 35.1 Å². The fourth-order valence-corrected chi connectivity index (χ4v) is 1.74. The molecule has 1 aromatic carbocycles. The number of aromatic nitrogens is 1. The van der Waals surface area contributed by atoms with Crippen LogP contribution in [0.2, 0.25) is 0 Å². The second-order valence-corrected chi connectivity index (χ2v) is 5.11. The third kappa shape index (κ3) is 2.39. The first-order valence-corrected chi connectivity index (χ1v) is 5.66. The summed E-state index contributed by atoms with van der Waals surface area (Å²) in [5.41, 5.74) is 2.93. The zero-order valence-corrected chi connectivity index (χ0v) is 10.4. The summed E-state index contributed by atoms with van der Waals surface area (Å²) in [6.45, 7) is 6.42. The van der Waals surface area contributed by atoms with Crippen molar-refractivity contribution in [3.05, 3.63) is 41.9 Å². The Kier molecular flexibility index (Phi) is 3.03. The predicted octanol–water partition coefficient (Wildman–Crippen LogP) is 3.13. The summed E-state index contributed by atoms with van der Waals surface area (Å²) in [6, 6.07) is 8.17. The summed E-state index contributed by atoms with van der Waals surface area (Å²) >= 11 is 0. The van der Waals surface area contributed by atoms with Gasteiger partial charge in [-0.15, -0.1) is 0 Å². The van der Waals surface area contributed by atoms with Crippen molar-refractivity contribution < 1.29 is 9.52 Å². The van der Waals surface area contributed by atoms with Crippen LogP contribution in [0.3, 0.4) is 0 Å². The topological polar surface area (TPSA) is 46.3 Å². The van der Waals surface area contributed by atoms with Gasteiger partial charge in [0.15, 0.2) is 12.2 Å². The van der Waals surface area contributed by atoms with Crippen molar-refractivity contribution in [2.75, 3.05) is 0 Å². The number of oxazole rings is 1. The average molecular weight is 231 g/mol. The number of nitrogens with zero attached hydrogens (tertiary/aromatic N) is 1. The third-order valence-corrected chi connectivity index (χ3v) is 2.80. The van der Waals surface area contributed by atoms with E-state index in [0.717, 1.165) is 5.56 Å². The minimum absolute atomic E-state index is 0.104. The maximum absolute atomic E-state index is 9.13. The van der Waals surface area contributed by atoms with Crippen LogP contribution >= 0.6 is 0 Å². The van der Waals surface area contributed by atoms with E-state index in [0.29, 0.717) is 11.5 Å². The minimum atomic E-state index is -0.104. The molecule has 0 saturated heterocycles. The molecular weight excluding hydrogens is 214 g/mol. The molecule has 0 saturated carbocycles. The van der Waals surface area contributed by atoms with Crippen molar-refractivity contribution in [2.45, 2.75) is 32.8 Å². The van der Waals surface area contributed by atoms with E-state index in [-0.39, 0.29) is 12.0 Å². The molecule has 1 heterocycles. The van der Waals surface area contributed by atoms with Crippen LogP contribution in [0.25, 0.3) is 11.3 Å². The molecule has 0 aliphatic heterocycles. The van der Waals surface area contributed by atoms with Crippen LogP contribution in [0, 0.1) is 0 Å². The number of benzene rings is 1. The molecule has 0 amide bonds. The molecular formula is C14H17NO2. The monoisotopic (exact) mass is 231 g/mol. The molecule has 0 unspecified atom stereocenters. The summed E-state index contributed by atoms with van der Waals surface area (Å²) < 4.78 is 5.30. The van der Waals surface area contributed by atoms with Gasteiger partial charge in [0, 0.05) is 5.56 Å². The average Bonchev–Trinajstić information content (AvgIpc) is 2.76. The Labute approximate surface area is 101 Å². The van der Waals surface area contributed by atoms with Gasteiger partial charge in [-0.05, 0) is 11.0 Å². The van der Waals surface area contributed by atoms with E-state index in [1.54, 1.807) is 0 Å². The molecule has 0 bridgehead atoms. The Morgan fingerprint density at radius 2 is 1.82 bits per heavy atom. The number of aliphatic hydroxyl groups excluding tert-OH is 1. The summed E-state index contributed by atoms with van der Waals surface area (Å²) in [7, 11) is 0. The van der Waals surface area contributed by atoms with Gasteiger partial charge in [-0.2, -0.15) is 0 Å². The molecule has 0 radical (unpaired) electrons. The Morgan fingerprint density at radius 1 is 1.18 bits per heavy atom. The van der Waals surface area contributed by atoms with Crippen molar-refractivity contribution in [1.82, 2.24) is 4.98 Å². The van der Waals surface area contributed by atoms with Gasteiger partial charge >= 0.3 is 0 Å². The SMILES string of the molecule is CC(C)(C)c1ccc(-c2ocnc2CO)cc1. The van der Waals surface area contributed by atoms with E-state index in [2.05, 4.69) is 37.9 Å². The predicted molar refractivity (Wildman–Crippen MR) is 66.6 cm³/mol. The molecule has 0 aliphatic carbocycles. The first-order chi connectivity index (χ1) is 8.02. The first kappa shape index (κ1) is 11.9. The van der Waals surface area contributed by atoms with Crippen molar-refractivity contribution in [3.8, 4) is 11.3 Å². The van der Waals surface area contributed by atoms with Gasteiger partial charge in [-0.25, -0.2) is 4.98 Å². The lowest BCUT2D eigenvalue weighted by atomic mass is 9.86. The fraction of sp³-hybridized carbons (Fsp3) is 0.357. The normalized spacial score (nSPS) is 11.8. The van der Waals surface area contributed by atoms with Crippen LogP contribution in [0.5, 0.6) is 0 Å². The van der Waals surface area contributed by atoms with Gasteiger partial charge in [0.05, 0.1) is 6.61 Å². The van der Waals surface area contributed by atoms with Crippen molar-refractivity contribution >= 4 is 0 Å². The third-order valence-electron chi connectivity index (χ3n) is 2.80. The molecule has 1 aromatic heterocycles. The van der Waals surface area contributed by atoms with E-state index < -0.39 is 0 Å². The molecule has 3 heteroatoms. The van der Waals surface area contributed by atoms with Gasteiger partial charge in [-0.3, -0.25) is 0 Å². The highest BCUT2D eigenvalue weighted by Crippen LogP contribution is 2.27. The van der Waals surface area contributed by atoms with Crippen LogP contribution < -0.4 is 0 Å². The van der Waals surface area contributed by atoms with Gasteiger partial charge in [0.2, 0.25) is 0 Å². The van der Waals surface area contributed by atoms with Crippen molar-refractivity contribution in [1.29, 1.82) is 0 Å². The van der Waals surface area contributed by atoms with E-state index in [4.69, 9.17) is 9.52 Å². The van der Waals surface area contributed by atoms with Crippen molar-refractivity contribution in [3.63, 3.8) is 0 Å². The van der Waals surface area contributed by atoms with Gasteiger partial charge in [-0.1, -0.05) is 45.0 Å². The molecule has 1 N–H and O–H groups in total.